The van der Waals surface area contributed by atoms with E-state index in [0.29, 0.717) is 11.1 Å². The molecule has 0 aliphatic heterocycles. The van der Waals surface area contributed by atoms with Gasteiger partial charge in [-0.15, -0.1) is 0 Å². The summed E-state index contributed by atoms with van der Waals surface area (Å²) in [5, 5.41) is 0. The summed E-state index contributed by atoms with van der Waals surface area (Å²) in [6, 6.07) is 19.2. The van der Waals surface area contributed by atoms with Crippen molar-refractivity contribution < 1.29 is 18.9 Å². The molecule has 0 nitrogen and oxygen atoms in total. The zero-order valence-electron chi connectivity index (χ0n) is 14.3. The van der Waals surface area contributed by atoms with Crippen LogP contribution >= 0.6 is 0 Å². The minimum atomic E-state index is -1.53. The van der Waals surface area contributed by atoms with E-state index in [1.165, 1.54) is 17.2 Å². The van der Waals surface area contributed by atoms with Gasteiger partial charge in [-0.1, -0.05) is 92.3 Å². The summed E-state index contributed by atoms with van der Waals surface area (Å²) >= 11 is 0. The second-order valence-corrected chi connectivity index (χ2v) is 11.8. The normalized spacial score (nSPS) is 23.0. The molecule has 0 spiro atoms. The molecule has 0 amide bonds. The van der Waals surface area contributed by atoms with Crippen LogP contribution in [-0.4, -0.2) is 8.07 Å². The average molecular weight is 309 g/mol. The van der Waals surface area contributed by atoms with E-state index in [-0.39, 0.29) is 18.9 Å². The van der Waals surface area contributed by atoms with E-state index in [1.807, 2.05) is 0 Å². The molecule has 0 fully saturated rings. The van der Waals surface area contributed by atoms with Gasteiger partial charge in [0.1, 0.15) is 0 Å². The molecule has 110 valence electrons. The van der Waals surface area contributed by atoms with Crippen LogP contribution in [0.3, 0.4) is 0 Å². The van der Waals surface area contributed by atoms with Gasteiger partial charge < -0.3 is 0 Å². The number of hydrogen-bond acceptors (Lipinski definition) is 0. The first kappa shape index (κ1) is 16.6. The molecular formula is C21H22LiSi+. The van der Waals surface area contributed by atoms with E-state index < -0.39 is 8.07 Å². The fraction of sp³-hybridized carbons (Fsp3) is 0.238. The Kier molecular flexibility index (Phi) is 4.56. The molecule has 2 unspecified atom stereocenters. The molecule has 4 rings (SSSR count). The van der Waals surface area contributed by atoms with Gasteiger partial charge in [-0.2, -0.15) is 0 Å². The minimum absolute atomic E-state index is 0. The van der Waals surface area contributed by atoms with Crippen molar-refractivity contribution in [2.75, 3.05) is 0 Å². The van der Waals surface area contributed by atoms with Crippen molar-refractivity contribution in [3.05, 3.63) is 82.9 Å². The van der Waals surface area contributed by atoms with Crippen molar-refractivity contribution >= 4 is 20.2 Å². The van der Waals surface area contributed by atoms with Crippen molar-refractivity contribution in [2.24, 2.45) is 0 Å². The molecule has 2 aromatic rings. The summed E-state index contributed by atoms with van der Waals surface area (Å²) in [6.45, 7) is 5.00. The maximum atomic E-state index is 2.60. The molecule has 2 atom stereocenters. The quantitative estimate of drug-likeness (QED) is 0.765. The van der Waals surface area contributed by atoms with Gasteiger partial charge in [0.2, 0.25) is 0 Å². The second kappa shape index (κ2) is 6.32. The van der Waals surface area contributed by atoms with Crippen molar-refractivity contribution in [2.45, 2.75) is 30.6 Å². The molecule has 2 aliphatic rings. The Bertz CT molecular complexity index is 713. The van der Waals surface area contributed by atoms with Gasteiger partial charge in [-0.3, -0.25) is 0 Å². The topological polar surface area (TPSA) is 0 Å². The maximum absolute atomic E-state index is 2.60. The van der Waals surface area contributed by atoms with Crippen LogP contribution in [0.4, 0.5) is 0 Å². The van der Waals surface area contributed by atoms with Gasteiger partial charge in [0.15, 0.2) is 0 Å². The zero-order chi connectivity index (χ0) is 15.2. The van der Waals surface area contributed by atoms with Crippen molar-refractivity contribution in [3.63, 3.8) is 0 Å². The summed E-state index contributed by atoms with van der Waals surface area (Å²) in [5.41, 5.74) is 7.22. The first-order valence-electron chi connectivity index (χ1n) is 8.28. The SMILES string of the molecule is CC[Si](C)(C1C=Cc2ccccc21)C1C=Cc2ccccc21.[Li+]. The van der Waals surface area contributed by atoms with E-state index in [2.05, 4.69) is 86.3 Å². The van der Waals surface area contributed by atoms with Gasteiger partial charge in [0.05, 0.1) is 8.07 Å². The van der Waals surface area contributed by atoms with Crippen molar-refractivity contribution in [3.8, 4) is 0 Å². The van der Waals surface area contributed by atoms with Crippen molar-refractivity contribution in [1.29, 1.82) is 0 Å². The molecule has 0 aromatic heterocycles. The third kappa shape index (κ3) is 2.52. The molecule has 2 aromatic carbocycles. The van der Waals surface area contributed by atoms with Gasteiger partial charge in [-0.05, 0) is 33.3 Å². The molecule has 2 heteroatoms. The summed E-state index contributed by atoms with van der Waals surface area (Å²) in [5.74, 6) is 0. The molecule has 0 bridgehead atoms. The molecule has 0 saturated carbocycles. The summed E-state index contributed by atoms with van der Waals surface area (Å²) in [4.78, 5) is 0. The van der Waals surface area contributed by atoms with Gasteiger partial charge in [-0.25, -0.2) is 0 Å². The van der Waals surface area contributed by atoms with Crippen LogP contribution < -0.4 is 18.9 Å². The first-order chi connectivity index (χ1) is 10.7. The smallest absolute Gasteiger partial charge is 0.0791 e. The standard InChI is InChI=1S/C21H22Si.Li/c1-3-22(2,20-14-12-16-8-4-6-10-18(16)20)21-15-13-17-9-5-7-11-19(17)21;/h4-15,20-21H,3H2,1-2H3;/q;+1. The number of rotatable bonds is 3. The predicted molar refractivity (Wildman–Crippen MR) is 98.5 cm³/mol. The molecule has 0 radical (unpaired) electrons. The van der Waals surface area contributed by atoms with E-state index >= 15 is 0 Å². The van der Waals surface area contributed by atoms with Gasteiger partial charge in [0.25, 0.3) is 0 Å². The predicted octanol–water partition coefficient (Wildman–Crippen LogP) is 2.79. The third-order valence-electron chi connectivity index (χ3n) is 5.78. The number of hydrogen-bond donors (Lipinski definition) is 0. The Morgan fingerprint density at radius 2 is 1.22 bits per heavy atom. The summed E-state index contributed by atoms with van der Waals surface area (Å²) in [6.07, 6.45) is 9.64. The van der Waals surface area contributed by atoms with Crippen LogP contribution in [0.15, 0.2) is 60.7 Å². The number of allylic oxidation sites excluding steroid dienone is 2. The molecule has 0 N–H and O–H groups in total. The number of fused-ring (bicyclic) bond motifs is 2. The third-order valence-corrected chi connectivity index (χ3v) is 11.2. The Hall–Kier alpha value is -1.27. The van der Waals surface area contributed by atoms with Gasteiger partial charge >= 0.3 is 18.9 Å². The summed E-state index contributed by atoms with van der Waals surface area (Å²) < 4.78 is 0. The first-order valence-corrected chi connectivity index (χ1v) is 11.1. The Balaban J connectivity index is 0.00000156. The van der Waals surface area contributed by atoms with E-state index in [9.17, 15) is 0 Å². The van der Waals surface area contributed by atoms with Crippen LogP contribution in [0.5, 0.6) is 0 Å². The largest absolute Gasteiger partial charge is 1.00 e. The van der Waals surface area contributed by atoms with Gasteiger partial charge in [0, 0.05) is 0 Å². The maximum Gasteiger partial charge on any atom is 1.00 e. The van der Waals surface area contributed by atoms with Crippen LogP contribution in [0, 0.1) is 0 Å². The Labute approximate surface area is 152 Å². The zero-order valence-corrected chi connectivity index (χ0v) is 15.3. The van der Waals surface area contributed by atoms with Crippen LogP contribution in [0.25, 0.3) is 12.2 Å². The molecular weight excluding hydrogens is 287 g/mol. The number of benzene rings is 2. The van der Waals surface area contributed by atoms with E-state index in [1.54, 1.807) is 11.1 Å². The fourth-order valence-electron chi connectivity index (χ4n) is 4.28. The Morgan fingerprint density at radius 1 is 0.783 bits per heavy atom. The van der Waals surface area contributed by atoms with Crippen molar-refractivity contribution in [1.82, 2.24) is 0 Å². The second-order valence-electron chi connectivity index (χ2n) is 6.79. The fourth-order valence-corrected chi connectivity index (χ4v) is 8.57. The molecule has 23 heavy (non-hydrogen) atoms. The molecule has 2 aliphatic carbocycles. The molecule has 0 saturated heterocycles. The minimum Gasteiger partial charge on any atom is -0.0791 e. The van der Waals surface area contributed by atoms with Crippen LogP contribution in [0.1, 0.15) is 40.3 Å². The van der Waals surface area contributed by atoms with E-state index in [4.69, 9.17) is 0 Å². The van der Waals surface area contributed by atoms with Crippen LogP contribution in [-0.2, 0) is 0 Å². The van der Waals surface area contributed by atoms with Crippen LogP contribution in [0.2, 0.25) is 12.6 Å². The van der Waals surface area contributed by atoms with E-state index in [0.717, 1.165) is 0 Å². The monoisotopic (exact) mass is 309 g/mol. The Morgan fingerprint density at radius 3 is 1.65 bits per heavy atom. The molecule has 0 heterocycles. The summed E-state index contributed by atoms with van der Waals surface area (Å²) in [7, 11) is -1.53. The average Bonchev–Trinajstić information content (AvgIpc) is 3.19.